The fraction of sp³-hybridized carbons (Fsp3) is 1.00. The minimum Gasteiger partial charge on any atom is -0.318 e. The molecule has 0 bridgehead atoms. The first kappa shape index (κ1) is 15.1. The molecule has 0 spiro atoms. The first-order chi connectivity index (χ1) is 6.61. The fourth-order valence-electron chi connectivity index (χ4n) is 1.83. The summed E-state index contributed by atoms with van der Waals surface area (Å²) in [5.74, 6) is 0. The predicted molar refractivity (Wildman–Crippen MR) is 63.5 cm³/mol. The predicted octanol–water partition coefficient (Wildman–Crippen LogP) is -0.0537. The summed E-state index contributed by atoms with van der Waals surface area (Å²) in [6, 6.07) is 0.115. The summed E-state index contributed by atoms with van der Waals surface area (Å²) in [4.78, 5) is 0. The topological polar surface area (TPSA) is 61.4 Å². The van der Waals surface area contributed by atoms with Gasteiger partial charge in [-0.05, 0) is 19.9 Å². The first-order valence-corrected chi connectivity index (χ1v) is 6.47. The van der Waals surface area contributed by atoms with Crippen molar-refractivity contribution in [3.63, 3.8) is 0 Å². The van der Waals surface area contributed by atoms with E-state index in [1.165, 1.54) is 0 Å². The summed E-state index contributed by atoms with van der Waals surface area (Å²) in [7, 11) is -1.39. The molecule has 0 saturated carbocycles. The summed E-state index contributed by atoms with van der Waals surface area (Å²) >= 11 is 0. The fourth-order valence-corrected chi connectivity index (χ4v) is 3.30. The van der Waals surface area contributed by atoms with Crippen molar-refractivity contribution in [3.05, 3.63) is 0 Å². The van der Waals surface area contributed by atoms with Crippen molar-refractivity contribution in [2.24, 2.45) is 0 Å². The van der Waals surface area contributed by atoms with Gasteiger partial charge in [-0.25, -0.2) is 4.72 Å². The van der Waals surface area contributed by atoms with Crippen LogP contribution in [0, 0.1) is 0 Å². The normalized spacial score (nSPS) is 22.7. The van der Waals surface area contributed by atoms with Crippen LogP contribution in [0.5, 0.6) is 0 Å². The molecular formula is C8H20ClN3O2S. The number of hydrogen-bond acceptors (Lipinski definition) is 3. The maximum Gasteiger partial charge on any atom is 0.279 e. The van der Waals surface area contributed by atoms with Gasteiger partial charge in [0.15, 0.2) is 0 Å². The molecule has 5 nitrogen and oxygen atoms in total. The van der Waals surface area contributed by atoms with Crippen LogP contribution in [0.3, 0.4) is 0 Å². The summed E-state index contributed by atoms with van der Waals surface area (Å²) in [6.45, 7) is 3.61. The molecule has 1 unspecified atom stereocenters. The number of nitrogens with one attached hydrogen (secondary N) is 2. The zero-order valence-corrected chi connectivity index (χ0v) is 10.8. The second kappa shape index (κ2) is 6.65. The number of rotatable bonds is 5. The monoisotopic (exact) mass is 257 g/mol. The van der Waals surface area contributed by atoms with Gasteiger partial charge in [0.2, 0.25) is 0 Å². The van der Waals surface area contributed by atoms with Crippen molar-refractivity contribution in [3.8, 4) is 0 Å². The number of nitrogens with zero attached hydrogens (tertiary/aromatic N) is 1. The van der Waals surface area contributed by atoms with Crippen LogP contribution in [-0.4, -0.2) is 45.4 Å². The summed E-state index contributed by atoms with van der Waals surface area (Å²) in [5, 5.41) is 3.02. The van der Waals surface area contributed by atoms with Crippen LogP contribution in [-0.2, 0) is 10.2 Å². The highest BCUT2D eigenvalue weighted by atomic mass is 35.5. The van der Waals surface area contributed by atoms with Crippen LogP contribution in [0.2, 0.25) is 0 Å². The molecule has 92 valence electrons. The second-order valence-electron chi connectivity index (χ2n) is 3.47. The Morgan fingerprint density at radius 3 is 2.67 bits per heavy atom. The molecule has 1 aliphatic heterocycles. The van der Waals surface area contributed by atoms with E-state index in [1.807, 2.05) is 7.05 Å². The third kappa shape index (κ3) is 3.88. The number of halogens is 1. The Hall–Kier alpha value is 0.120. The van der Waals surface area contributed by atoms with Gasteiger partial charge < -0.3 is 5.32 Å². The van der Waals surface area contributed by atoms with E-state index in [1.54, 1.807) is 11.2 Å². The van der Waals surface area contributed by atoms with E-state index >= 15 is 0 Å². The molecule has 0 radical (unpaired) electrons. The van der Waals surface area contributed by atoms with Crippen LogP contribution < -0.4 is 10.0 Å². The van der Waals surface area contributed by atoms with Gasteiger partial charge in [0.05, 0.1) is 0 Å². The molecule has 1 atom stereocenters. The molecule has 7 heteroatoms. The van der Waals surface area contributed by atoms with Crippen molar-refractivity contribution in [2.45, 2.75) is 25.8 Å². The van der Waals surface area contributed by atoms with Gasteiger partial charge in [0, 0.05) is 25.7 Å². The minimum absolute atomic E-state index is 0. The van der Waals surface area contributed by atoms with Crippen LogP contribution >= 0.6 is 12.4 Å². The van der Waals surface area contributed by atoms with Crippen molar-refractivity contribution >= 4 is 22.6 Å². The van der Waals surface area contributed by atoms with Crippen LogP contribution in [0.1, 0.15) is 19.8 Å². The summed E-state index contributed by atoms with van der Waals surface area (Å²) < 4.78 is 27.5. The Kier molecular flexibility index (Phi) is 6.70. The zero-order chi connectivity index (χ0) is 10.6. The first-order valence-electron chi connectivity index (χ1n) is 5.03. The highest BCUT2D eigenvalue weighted by Crippen LogP contribution is 2.19. The highest BCUT2D eigenvalue weighted by molar-refractivity contribution is 7.87. The van der Waals surface area contributed by atoms with Gasteiger partial charge in [0.25, 0.3) is 10.2 Å². The van der Waals surface area contributed by atoms with Crippen molar-refractivity contribution in [2.75, 3.05) is 26.7 Å². The molecule has 0 aromatic rings. The van der Waals surface area contributed by atoms with E-state index in [9.17, 15) is 8.42 Å². The lowest BCUT2D eigenvalue weighted by Crippen LogP contribution is -2.46. The second-order valence-corrected chi connectivity index (χ2v) is 5.18. The van der Waals surface area contributed by atoms with Crippen molar-refractivity contribution in [1.82, 2.24) is 14.3 Å². The Labute approximate surface area is 98.2 Å². The molecule has 1 heterocycles. The zero-order valence-electron chi connectivity index (χ0n) is 9.19. The Morgan fingerprint density at radius 1 is 1.47 bits per heavy atom. The van der Waals surface area contributed by atoms with Gasteiger partial charge in [-0.1, -0.05) is 6.92 Å². The molecule has 15 heavy (non-hydrogen) atoms. The van der Waals surface area contributed by atoms with Gasteiger partial charge in [-0.2, -0.15) is 12.7 Å². The Morgan fingerprint density at radius 2 is 2.13 bits per heavy atom. The van der Waals surface area contributed by atoms with Crippen LogP contribution in [0.15, 0.2) is 0 Å². The maximum absolute atomic E-state index is 11.7. The lowest BCUT2D eigenvalue weighted by molar-refractivity contribution is 0.373. The molecule has 1 rings (SSSR count). The third-order valence-electron chi connectivity index (χ3n) is 2.40. The third-order valence-corrected chi connectivity index (χ3v) is 4.15. The van der Waals surface area contributed by atoms with Gasteiger partial charge in [-0.3, -0.25) is 0 Å². The molecule has 1 fully saturated rings. The summed E-state index contributed by atoms with van der Waals surface area (Å²) in [6.07, 6.45) is 1.91. The summed E-state index contributed by atoms with van der Waals surface area (Å²) in [5.41, 5.74) is 0. The molecule has 0 aliphatic carbocycles. The van der Waals surface area contributed by atoms with Crippen LogP contribution in [0.25, 0.3) is 0 Å². The average Bonchev–Trinajstić information content (AvgIpc) is 2.53. The molecule has 2 N–H and O–H groups in total. The number of likely N-dealkylation sites (N-methyl/N-ethyl adjacent to an activating group) is 1. The number of hydrogen-bond donors (Lipinski definition) is 2. The Bertz CT molecular complexity index is 271. The van der Waals surface area contributed by atoms with Crippen molar-refractivity contribution in [1.29, 1.82) is 0 Å². The molecule has 1 saturated heterocycles. The average molecular weight is 258 g/mol. The van der Waals surface area contributed by atoms with E-state index in [0.717, 1.165) is 19.4 Å². The molecule has 1 aliphatic rings. The largest absolute Gasteiger partial charge is 0.318 e. The lowest BCUT2D eigenvalue weighted by atomic mass is 10.2. The van der Waals surface area contributed by atoms with E-state index in [2.05, 4.69) is 10.0 Å². The molecule has 0 aromatic carbocycles. The van der Waals surface area contributed by atoms with E-state index < -0.39 is 10.2 Å². The van der Waals surface area contributed by atoms with Gasteiger partial charge in [-0.15, -0.1) is 12.4 Å². The molecule has 0 aromatic heterocycles. The van der Waals surface area contributed by atoms with E-state index in [0.29, 0.717) is 13.1 Å². The van der Waals surface area contributed by atoms with Crippen molar-refractivity contribution < 1.29 is 8.42 Å². The molecular weight excluding hydrogens is 238 g/mol. The quantitative estimate of drug-likeness (QED) is 0.726. The molecule has 0 amide bonds. The smallest absolute Gasteiger partial charge is 0.279 e. The van der Waals surface area contributed by atoms with E-state index in [4.69, 9.17) is 0 Å². The standard InChI is InChI=1S/C8H19N3O2S.ClH/c1-3-10-14(12,13)11-6-4-5-8(11)7-9-2;/h8-10H,3-7H2,1-2H3;1H. The lowest BCUT2D eigenvalue weighted by Gasteiger charge is -2.23. The maximum atomic E-state index is 11.7. The minimum atomic E-state index is -3.24. The van der Waals surface area contributed by atoms with E-state index in [-0.39, 0.29) is 18.4 Å². The Balaban J connectivity index is 0.00000196. The SMILES string of the molecule is CCNS(=O)(=O)N1CCCC1CNC.Cl. The highest BCUT2D eigenvalue weighted by Gasteiger charge is 2.32. The van der Waals surface area contributed by atoms with Crippen LogP contribution in [0.4, 0.5) is 0 Å². The van der Waals surface area contributed by atoms with Gasteiger partial charge >= 0.3 is 0 Å². The van der Waals surface area contributed by atoms with Gasteiger partial charge in [0.1, 0.15) is 0 Å².